The molecule has 0 spiro atoms. The van der Waals surface area contributed by atoms with Crippen LogP contribution in [0.15, 0.2) is 16.3 Å². The first kappa shape index (κ1) is 13.5. The first-order valence-corrected chi connectivity index (χ1v) is 8.11. The van der Waals surface area contributed by atoms with Crippen LogP contribution in [0.2, 0.25) is 0 Å². The van der Waals surface area contributed by atoms with Gasteiger partial charge in [0.15, 0.2) is 0 Å². The molecule has 1 aliphatic rings. The molecule has 0 radical (unpaired) electrons. The van der Waals surface area contributed by atoms with E-state index in [9.17, 15) is 13.2 Å². The zero-order valence-electron chi connectivity index (χ0n) is 10.1. The third-order valence-corrected chi connectivity index (χ3v) is 6.01. The number of hydrogen-bond acceptors (Lipinski definition) is 4. The minimum atomic E-state index is -3.47. The SMILES string of the molecule is C[C@@H]1CCCN(S(=O)(=O)c2csc(C(N)=O)c2)C1. The number of rotatable bonds is 3. The van der Waals surface area contributed by atoms with Crippen LogP contribution in [0.5, 0.6) is 0 Å². The summed E-state index contributed by atoms with van der Waals surface area (Å²) in [5.74, 6) is -0.212. The summed E-state index contributed by atoms with van der Waals surface area (Å²) in [6, 6.07) is 1.36. The van der Waals surface area contributed by atoms with Crippen LogP contribution in [0.25, 0.3) is 0 Å². The molecule has 2 rings (SSSR count). The topological polar surface area (TPSA) is 80.5 Å². The van der Waals surface area contributed by atoms with Gasteiger partial charge in [-0.15, -0.1) is 11.3 Å². The van der Waals surface area contributed by atoms with Gasteiger partial charge in [0.05, 0.1) is 9.77 Å². The molecule has 5 nitrogen and oxygen atoms in total. The third kappa shape index (κ3) is 2.57. The standard InChI is InChI=1S/C11H16N2O3S2/c1-8-3-2-4-13(6-8)18(15,16)9-5-10(11(12)14)17-7-9/h5,7-8H,2-4,6H2,1H3,(H2,12,14)/t8-/m1/s1. The van der Waals surface area contributed by atoms with Gasteiger partial charge in [-0.05, 0) is 24.8 Å². The molecular formula is C11H16N2O3S2. The minimum Gasteiger partial charge on any atom is -0.365 e. The molecular weight excluding hydrogens is 272 g/mol. The van der Waals surface area contributed by atoms with E-state index in [2.05, 4.69) is 0 Å². The lowest BCUT2D eigenvalue weighted by atomic mass is 10.0. The summed E-state index contributed by atoms with van der Waals surface area (Å²) in [7, 11) is -3.47. The van der Waals surface area contributed by atoms with Crippen molar-refractivity contribution in [2.75, 3.05) is 13.1 Å². The van der Waals surface area contributed by atoms with Crippen molar-refractivity contribution in [1.82, 2.24) is 4.31 Å². The second-order valence-corrected chi connectivity index (χ2v) is 7.47. The van der Waals surface area contributed by atoms with Gasteiger partial charge < -0.3 is 5.73 Å². The Balaban J connectivity index is 2.26. The Morgan fingerprint density at radius 3 is 2.83 bits per heavy atom. The molecule has 0 aliphatic carbocycles. The van der Waals surface area contributed by atoms with Crippen LogP contribution in [0.3, 0.4) is 0 Å². The molecule has 1 aromatic rings. The van der Waals surface area contributed by atoms with Crippen molar-refractivity contribution in [1.29, 1.82) is 0 Å². The van der Waals surface area contributed by atoms with E-state index in [1.807, 2.05) is 6.92 Å². The summed E-state index contributed by atoms with van der Waals surface area (Å²) in [6.07, 6.45) is 1.94. The smallest absolute Gasteiger partial charge is 0.258 e. The summed E-state index contributed by atoms with van der Waals surface area (Å²) in [5, 5.41) is 1.48. The summed E-state index contributed by atoms with van der Waals surface area (Å²) < 4.78 is 26.2. The molecule has 0 unspecified atom stereocenters. The van der Waals surface area contributed by atoms with E-state index >= 15 is 0 Å². The Morgan fingerprint density at radius 1 is 1.56 bits per heavy atom. The number of nitrogens with zero attached hydrogens (tertiary/aromatic N) is 1. The van der Waals surface area contributed by atoms with Crippen molar-refractivity contribution in [2.24, 2.45) is 11.7 Å². The second-order valence-electron chi connectivity index (χ2n) is 4.62. The molecule has 0 aromatic carbocycles. The highest BCUT2D eigenvalue weighted by atomic mass is 32.2. The van der Waals surface area contributed by atoms with Crippen LogP contribution in [0, 0.1) is 5.92 Å². The van der Waals surface area contributed by atoms with Gasteiger partial charge in [-0.2, -0.15) is 4.31 Å². The fourth-order valence-corrected chi connectivity index (χ4v) is 4.81. The number of carbonyl (C=O) groups is 1. The Bertz CT molecular complexity index is 550. The zero-order chi connectivity index (χ0) is 13.3. The van der Waals surface area contributed by atoms with Gasteiger partial charge in [-0.25, -0.2) is 8.42 Å². The van der Waals surface area contributed by atoms with Crippen LogP contribution >= 0.6 is 11.3 Å². The maximum atomic E-state index is 12.3. The maximum absolute atomic E-state index is 12.3. The molecule has 1 atom stereocenters. The predicted octanol–water partition coefficient (Wildman–Crippen LogP) is 1.27. The van der Waals surface area contributed by atoms with Gasteiger partial charge in [0, 0.05) is 18.5 Å². The molecule has 1 saturated heterocycles. The monoisotopic (exact) mass is 288 g/mol. The maximum Gasteiger partial charge on any atom is 0.258 e. The molecule has 1 aliphatic heterocycles. The van der Waals surface area contributed by atoms with E-state index in [0.29, 0.717) is 19.0 Å². The number of amides is 1. The molecule has 7 heteroatoms. The lowest BCUT2D eigenvalue weighted by Crippen LogP contribution is -2.38. The molecule has 18 heavy (non-hydrogen) atoms. The predicted molar refractivity (Wildman–Crippen MR) is 70.0 cm³/mol. The molecule has 0 bridgehead atoms. The van der Waals surface area contributed by atoms with Gasteiger partial charge >= 0.3 is 0 Å². The summed E-state index contributed by atoms with van der Waals surface area (Å²) in [6.45, 7) is 3.14. The van der Waals surface area contributed by atoms with Gasteiger partial charge in [-0.3, -0.25) is 4.79 Å². The summed E-state index contributed by atoms with van der Waals surface area (Å²) in [4.78, 5) is 11.4. The lowest BCUT2D eigenvalue weighted by molar-refractivity contribution is 0.100. The molecule has 100 valence electrons. The number of hydrogen-bond donors (Lipinski definition) is 1. The normalized spacial score (nSPS) is 21.9. The Labute approximate surface area is 111 Å². The average molecular weight is 288 g/mol. The number of piperidine rings is 1. The van der Waals surface area contributed by atoms with E-state index in [1.54, 1.807) is 0 Å². The van der Waals surface area contributed by atoms with Gasteiger partial charge in [-0.1, -0.05) is 6.92 Å². The van der Waals surface area contributed by atoms with Gasteiger partial charge in [0.1, 0.15) is 0 Å². The first-order valence-electron chi connectivity index (χ1n) is 5.79. The Kier molecular flexibility index (Phi) is 3.74. The molecule has 2 N–H and O–H groups in total. The highest BCUT2D eigenvalue weighted by Crippen LogP contribution is 2.26. The number of primary amides is 1. The molecule has 2 heterocycles. The van der Waals surface area contributed by atoms with E-state index in [1.165, 1.54) is 15.8 Å². The van der Waals surface area contributed by atoms with Crippen LogP contribution in [0.1, 0.15) is 29.4 Å². The molecule has 1 fully saturated rings. The Hall–Kier alpha value is -0.920. The number of thiophene rings is 1. The number of nitrogens with two attached hydrogens (primary N) is 1. The van der Waals surface area contributed by atoms with Crippen LogP contribution in [-0.4, -0.2) is 31.7 Å². The van der Waals surface area contributed by atoms with Gasteiger partial charge in [0.25, 0.3) is 5.91 Å². The van der Waals surface area contributed by atoms with Crippen molar-refractivity contribution in [3.8, 4) is 0 Å². The molecule has 1 amide bonds. The molecule has 0 saturated carbocycles. The van der Waals surface area contributed by atoms with Crippen LogP contribution in [-0.2, 0) is 10.0 Å². The lowest BCUT2D eigenvalue weighted by Gasteiger charge is -2.29. The van der Waals surface area contributed by atoms with Gasteiger partial charge in [0.2, 0.25) is 10.0 Å². The fraction of sp³-hybridized carbons (Fsp3) is 0.545. The quantitative estimate of drug-likeness (QED) is 0.909. The largest absolute Gasteiger partial charge is 0.365 e. The second kappa shape index (κ2) is 4.99. The highest BCUT2D eigenvalue weighted by Gasteiger charge is 2.29. The van der Waals surface area contributed by atoms with E-state index in [-0.39, 0.29) is 9.77 Å². The van der Waals surface area contributed by atoms with Crippen LogP contribution in [0.4, 0.5) is 0 Å². The van der Waals surface area contributed by atoms with Crippen molar-refractivity contribution < 1.29 is 13.2 Å². The third-order valence-electron chi connectivity index (χ3n) is 3.08. The van der Waals surface area contributed by atoms with Crippen molar-refractivity contribution in [3.63, 3.8) is 0 Å². The average Bonchev–Trinajstić information content (AvgIpc) is 2.79. The van der Waals surface area contributed by atoms with Crippen LogP contribution < -0.4 is 5.73 Å². The highest BCUT2D eigenvalue weighted by molar-refractivity contribution is 7.89. The fourth-order valence-electron chi connectivity index (χ4n) is 2.10. The van der Waals surface area contributed by atoms with E-state index < -0.39 is 15.9 Å². The van der Waals surface area contributed by atoms with E-state index in [4.69, 9.17) is 5.73 Å². The minimum absolute atomic E-state index is 0.176. The number of carbonyl (C=O) groups excluding carboxylic acids is 1. The van der Waals surface area contributed by atoms with E-state index in [0.717, 1.165) is 24.2 Å². The Morgan fingerprint density at radius 2 is 2.28 bits per heavy atom. The van der Waals surface area contributed by atoms with Crippen molar-refractivity contribution in [2.45, 2.75) is 24.7 Å². The first-order chi connectivity index (χ1) is 8.41. The van der Waals surface area contributed by atoms with Crippen molar-refractivity contribution >= 4 is 27.3 Å². The zero-order valence-corrected chi connectivity index (χ0v) is 11.8. The summed E-state index contributed by atoms with van der Waals surface area (Å²) >= 11 is 1.07. The number of sulfonamides is 1. The summed E-state index contributed by atoms with van der Waals surface area (Å²) in [5.41, 5.74) is 5.13. The van der Waals surface area contributed by atoms with Crippen molar-refractivity contribution in [3.05, 3.63) is 16.3 Å². The molecule has 1 aromatic heterocycles.